The number of aliphatic hydroxyl groups is 1. The molecule has 0 aliphatic carbocycles. The summed E-state index contributed by atoms with van der Waals surface area (Å²) in [5.41, 5.74) is -0.118. The Bertz CT molecular complexity index is 1190. The average molecular weight is 425 g/mol. The predicted octanol–water partition coefficient (Wildman–Crippen LogP) is 3.82. The van der Waals surface area contributed by atoms with Crippen LogP contribution in [0.5, 0.6) is 0 Å². The highest BCUT2D eigenvalue weighted by Gasteiger charge is 2.48. The lowest BCUT2D eigenvalue weighted by Gasteiger charge is -2.22. The van der Waals surface area contributed by atoms with Crippen LogP contribution in [0.3, 0.4) is 0 Å². The quantitative estimate of drug-likeness (QED) is 0.224. The molecular weight excluding hydrogens is 413 g/mol. The van der Waals surface area contributed by atoms with Gasteiger partial charge in [0.15, 0.2) is 5.13 Å². The summed E-state index contributed by atoms with van der Waals surface area (Å²) in [4.78, 5) is 41.5. The molecule has 1 saturated heterocycles. The first-order valence-corrected chi connectivity index (χ1v) is 9.47. The first kappa shape index (κ1) is 19.4. The lowest BCUT2D eigenvalue weighted by Crippen LogP contribution is -2.29. The number of aliphatic hydroxyl groups excluding tert-OH is 1. The van der Waals surface area contributed by atoms with Crippen molar-refractivity contribution < 1.29 is 24.0 Å². The molecule has 3 aromatic rings. The molecule has 1 fully saturated rings. The molecule has 150 valence electrons. The summed E-state index contributed by atoms with van der Waals surface area (Å²) in [5.74, 6) is -2.94. The second-order valence-electron chi connectivity index (χ2n) is 6.34. The third kappa shape index (κ3) is 3.22. The maximum atomic E-state index is 13.3. The van der Waals surface area contributed by atoms with Crippen molar-refractivity contribution in [1.82, 2.24) is 4.98 Å². The molecule has 2 aromatic carbocycles. The Morgan fingerprint density at radius 3 is 2.57 bits per heavy atom. The fourth-order valence-electron chi connectivity index (χ4n) is 3.25. The Labute approximate surface area is 172 Å². The molecule has 1 aliphatic rings. The summed E-state index contributed by atoms with van der Waals surface area (Å²) < 4.78 is 13.3. The molecule has 0 radical (unpaired) electrons. The minimum atomic E-state index is -1.14. The minimum absolute atomic E-state index is 0.129. The zero-order valence-electron chi connectivity index (χ0n) is 15.1. The van der Waals surface area contributed by atoms with E-state index < -0.39 is 34.2 Å². The highest BCUT2D eigenvalue weighted by Crippen LogP contribution is 2.43. The number of Topliss-reactive ketones (excluding diaryl/α,β-unsaturated/α-hetero) is 1. The Balaban J connectivity index is 1.95. The highest BCUT2D eigenvalue weighted by molar-refractivity contribution is 7.14. The van der Waals surface area contributed by atoms with E-state index in [1.807, 2.05) is 0 Å². The number of amides is 1. The lowest BCUT2D eigenvalue weighted by atomic mass is 9.95. The van der Waals surface area contributed by atoms with Gasteiger partial charge in [-0.25, -0.2) is 9.37 Å². The molecule has 0 unspecified atom stereocenters. The third-order valence-electron chi connectivity index (χ3n) is 4.58. The monoisotopic (exact) mass is 425 g/mol. The van der Waals surface area contributed by atoms with Crippen LogP contribution in [-0.4, -0.2) is 26.7 Å². The fourth-order valence-corrected chi connectivity index (χ4v) is 3.92. The SMILES string of the molecule is O=C1C(=O)N(c2nccs2)[C@H](c2cccc([N+](=O)[O-])c2)C1=C(O)c1ccc(F)cc1. The first-order valence-electron chi connectivity index (χ1n) is 8.59. The topological polar surface area (TPSA) is 114 Å². The Hall–Kier alpha value is -3.92. The van der Waals surface area contributed by atoms with E-state index in [2.05, 4.69) is 4.98 Å². The number of halogens is 1. The summed E-state index contributed by atoms with van der Waals surface area (Å²) >= 11 is 1.10. The molecule has 4 rings (SSSR count). The third-order valence-corrected chi connectivity index (χ3v) is 5.35. The summed E-state index contributed by atoms with van der Waals surface area (Å²) in [6.45, 7) is 0. The zero-order valence-corrected chi connectivity index (χ0v) is 15.9. The van der Waals surface area contributed by atoms with E-state index >= 15 is 0 Å². The van der Waals surface area contributed by atoms with E-state index in [0.717, 1.165) is 28.4 Å². The predicted molar refractivity (Wildman–Crippen MR) is 106 cm³/mol. The largest absolute Gasteiger partial charge is 0.507 e. The number of nitro benzene ring substituents is 1. The molecule has 8 nitrogen and oxygen atoms in total. The molecular formula is C20H12FN3O5S. The second-order valence-corrected chi connectivity index (χ2v) is 7.22. The van der Waals surface area contributed by atoms with Crippen molar-refractivity contribution in [3.8, 4) is 0 Å². The van der Waals surface area contributed by atoms with Crippen molar-refractivity contribution in [2.45, 2.75) is 6.04 Å². The van der Waals surface area contributed by atoms with Crippen LogP contribution in [-0.2, 0) is 9.59 Å². The molecule has 2 heterocycles. The van der Waals surface area contributed by atoms with E-state index in [1.165, 1.54) is 42.6 Å². The Kier molecular flexibility index (Phi) is 4.84. The summed E-state index contributed by atoms with van der Waals surface area (Å²) in [6, 6.07) is 9.06. The molecule has 1 aliphatic heterocycles. The number of anilines is 1. The smallest absolute Gasteiger partial charge is 0.301 e. The molecule has 30 heavy (non-hydrogen) atoms. The zero-order chi connectivity index (χ0) is 21.4. The van der Waals surface area contributed by atoms with E-state index in [-0.39, 0.29) is 27.5 Å². The molecule has 1 amide bonds. The van der Waals surface area contributed by atoms with Gasteiger partial charge in [0.1, 0.15) is 11.6 Å². The number of non-ortho nitro benzene ring substituents is 1. The molecule has 1 aromatic heterocycles. The van der Waals surface area contributed by atoms with Crippen LogP contribution in [0.2, 0.25) is 0 Å². The van der Waals surface area contributed by atoms with Gasteiger partial charge in [0, 0.05) is 29.3 Å². The van der Waals surface area contributed by atoms with Gasteiger partial charge in [0.05, 0.1) is 16.5 Å². The number of carbonyl (C=O) groups is 2. The number of hydrogen-bond acceptors (Lipinski definition) is 7. The summed E-state index contributed by atoms with van der Waals surface area (Å²) in [5, 5.41) is 23.9. The normalized spacial score (nSPS) is 18.0. The van der Waals surface area contributed by atoms with Gasteiger partial charge in [-0.3, -0.25) is 24.6 Å². The first-order chi connectivity index (χ1) is 14.4. The number of rotatable bonds is 4. The Morgan fingerprint density at radius 1 is 1.20 bits per heavy atom. The molecule has 1 N–H and O–H groups in total. The standard InChI is InChI=1S/C20H12FN3O5S/c21-13-6-4-11(5-7-13)17(25)15-16(12-2-1-3-14(10-12)24(28)29)23(19(27)18(15)26)20-22-8-9-30-20/h1-10,16,25H/t16-/m1/s1. The number of ketones is 1. The molecule has 0 spiro atoms. The van der Waals surface area contributed by atoms with Gasteiger partial charge in [0.25, 0.3) is 11.5 Å². The number of thiazole rings is 1. The summed E-state index contributed by atoms with van der Waals surface area (Å²) in [7, 11) is 0. The summed E-state index contributed by atoms with van der Waals surface area (Å²) in [6.07, 6.45) is 1.45. The highest BCUT2D eigenvalue weighted by atomic mass is 32.1. The van der Waals surface area contributed by atoms with Crippen LogP contribution in [0.25, 0.3) is 5.76 Å². The maximum Gasteiger partial charge on any atom is 0.301 e. The van der Waals surface area contributed by atoms with Crippen molar-refractivity contribution in [2.24, 2.45) is 0 Å². The molecule has 0 bridgehead atoms. The second kappa shape index (κ2) is 7.48. The van der Waals surface area contributed by atoms with Gasteiger partial charge in [-0.05, 0) is 29.8 Å². The number of nitro groups is 1. The van der Waals surface area contributed by atoms with E-state index in [4.69, 9.17) is 0 Å². The van der Waals surface area contributed by atoms with Crippen molar-refractivity contribution >= 4 is 39.6 Å². The average Bonchev–Trinajstić information content (AvgIpc) is 3.35. The number of hydrogen-bond donors (Lipinski definition) is 1. The van der Waals surface area contributed by atoms with Crippen molar-refractivity contribution in [3.63, 3.8) is 0 Å². The molecule has 1 atom stereocenters. The van der Waals surface area contributed by atoms with Crippen LogP contribution in [0, 0.1) is 15.9 Å². The van der Waals surface area contributed by atoms with Gasteiger partial charge in [0.2, 0.25) is 0 Å². The number of aromatic nitrogens is 1. The van der Waals surface area contributed by atoms with Crippen LogP contribution in [0.1, 0.15) is 17.2 Å². The van der Waals surface area contributed by atoms with Crippen LogP contribution in [0.4, 0.5) is 15.2 Å². The van der Waals surface area contributed by atoms with E-state index in [0.29, 0.717) is 0 Å². The molecule has 0 saturated carbocycles. The van der Waals surface area contributed by atoms with Gasteiger partial charge in [-0.15, -0.1) is 11.3 Å². The Morgan fingerprint density at radius 2 is 1.93 bits per heavy atom. The fraction of sp³-hybridized carbons (Fsp3) is 0.0500. The number of nitrogens with zero attached hydrogens (tertiary/aromatic N) is 3. The van der Waals surface area contributed by atoms with Crippen LogP contribution >= 0.6 is 11.3 Å². The van der Waals surface area contributed by atoms with Crippen molar-refractivity contribution in [1.29, 1.82) is 0 Å². The van der Waals surface area contributed by atoms with Crippen LogP contribution in [0.15, 0.2) is 65.7 Å². The van der Waals surface area contributed by atoms with Gasteiger partial charge in [-0.2, -0.15) is 0 Å². The maximum absolute atomic E-state index is 13.3. The van der Waals surface area contributed by atoms with Crippen molar-refractivity contribution in [2.75, 3.05) is 4.90 Å². The van der Waals surface area contributed by atoms with E-state index in [1.54, 1.807) is 5.38 Å². The van der Waals surface area contributed by atoms with Gasteiger partial charge >= 0.3 is 5.91 Å². The van der Waals surface area contributed by atoms with Gasteiger partial charge in [-0.1, -0.05) is 12.1 Å². The van der Waals surface area contributed by atoms with Crippen LogP contribution < -0.4 is 4.90 Å². The lowest BCUT2D eigenvalue weighted by molar-refractivity contribution is -0.384. The van der Waals surface area contributed by atoms with Gasteiger partial charge < -0.3 is 5.11 Å². The molecule has 10 heteroatoms. The van der Waals surface area contributed by atoms with E-state index in [9.17, 15) is 29.2 Å². The number of benzene rings is 2. The minimum Gasteiger partial charge on any atom is -0.507 e. The number of carbonyl (C=O) groups excluding carboxylic acids is 2. The van der Waals surface area contributed by atoms with Crippen molar-refractivity contribution in [3.05, 3.63) is 92.7 Å².